The van der Waals surface area contributed by atoms with E-state index in [4.69, 9.17) is 4.99 Å². The highest BCUT2D eigenvalue weighted by Crippen LogP contribution is 2.37. The zero-order valence-corrected chi connectivity index (χ0v) is 18.5. The van der Waals surface area contributed by atoms with Crippen molar-refractivity contribution in [1.82, 2.24) is 14.9 Å². The zero-order valence-electron chi connectivity index (χ0n) is 18.5. The average Bonchev–Trinajstić information content (AvgIpc) is 3.35. The number of imidazole rings is 1. The number of carbonyl (C=O) groups is 1. The fourth-order valence-corrected chi connectivity index (χ4v) is 4.19. The van der Waals surface area contributed by atoms with Gasteiger partial charge in [0.15, 0.2) is 0 Å². The number of fused-ring (bicyclic) bond motifs is 2. The van der Waals surface area contributed by atoms with Crippen molar-refractivity contribution in [2.75, 3.05) is 11.9 Å². The molecule has 4 aromatic rings. The van der Waals surface area contributed by atoms with Gasteiger partial charge in [-0.2, -0.15) is 0 Å². The summed E-state index contributed by atoms with van der Waals surface area (Å²) in [7, 11) is 1.94. The van der Waals surface area contributed by atoms with Gasteiger partial charge in [-0.05, 0) is 59.6 Å². The molecule has 0 saturated heterocycles. The van der Waals surface area contributed by atoms with Crippen LogP contribution in [-0.2, 0) is 18.4 Å². The van der Waals surface area contributed by atoms with E-state index in [2.05, 4.69) is 22.5 Å². The first-order valence-corrected chi connectivity index (χ1v) is 10.9. The molecule has 1 aromatic heterocycles. The zero-order chi connectivity index (χ0) is 22.9. The summed E-state index contributed by atoms with van der Waals surface area (Å²) in [6.45, 7) is 3.75. The molecule has 6 nitrogen and oxygen atoms in total. The van der Waals surface area contributed by atoms with Crippen LogP contribution in [0.4, 0.5) is 15.8 Å². The summed E-state index contributed by atoms with van der Waals surface area (Å²) in [6.07, 6.45) is 1.76. The molecule has 0 bridgehead atoms. The minimum atomic E-state index is -0.650. The third kappa shape index (κ3) is 4.03. The van der Waals surface area contributed by atoms with Gasteiger partial charge in [-0.15, -0.1) is 0 Å². The highest BCUT2D eigenvalue weighted by molar-refractivity contribution is 6.24. The molecule has 0 fully saturated rings. The fourth-order valence-electron chi connectivity index (χ4n) is 4.19. The SMILES string of the molecule is CCNCc1ccc(N=C(c2ccc3c(c2)ncn3C)C2C(=O)Nc3cc(F)ccc32)cc1. The van der Waals surface area contributed by atoms with Crippen LogP contribution >= 0.6 is 0 Å². The maximum atomic E-state index is 13.8. The van der Waals surface area contributed by atoms with Crippen LogP contribution in [0, 0.1) is 5.82 Å². The van der Waals surface area contributed by atoms with Gasteiger partial charge in [0, 0.05) is 19.3 Å². The summed E-state index contributed by atoms with van der Waals surface area (Å²) in [4.78, 5) is 22.4. The van der Waals surface area contributed by atoms with Crippen molar-refractivity contribution in [3.8, 4) is 0 Å². The predicted octanol–water partition coefficient (Wildman–Crippen LogP) is 4.68. The second-order valence-corrected chi connectivity index (χ2v) is 8.16. The Balaban J connectivity index is 1.62. The molecule has 1 amide bonds. The molecule has 0 spiro atoms. The number of aryl methyl sites for hydroxylation is 1. The van der Waals surface area contributed by atoms with E-state index >= 15 is 0 Å². The smallest absolute Gasteiger partial charge is 0.238 e. The third-order valence-electron chi connectivity index (χ3n) is 5.91. The van der Waals surface area contributed by atoms with Crippen molar-refractivity contribution in [3.63, 3.8) is 0 Å². The third-order valence-corrected chi connectivity index (χ3v) is 5.91. The van der Waals surface area contributed by atoms with Gasteiger partial charge in [-0.1, -0.05) is 31.2 Å². The lowest BCUT2D eigenvalue weighted by atomic mass is 9.90. The van der Waals surface area contributed by atoms with Gasteiger partial charge in [0.25, 0.3) is 0 Å². The van der Waals surface area contributed by atoms with Crippen LogP contribution in [0.5, 0.6) is 0 Å². The lowest BCUT2D eigenvalue weighted by molar-refractivity contribution is -0.115. The summed E-state index contributed by atoms with van der Waals surface area (Å²) < 4.78 is 15.7. The molecule has 0 radical (unpaired) electrons. The van der Waals surface area contributed by atoms with E-state index in [0.29, 0.717) is 17.0 Å². The Morgan fingerprint density at radius 3 is 2.76 bits per heavy atom. The topological polar surface area (TPSA) is 71.3 Å². The van der Waals surface area contributed by atoms with Crippen LogP contribution in [0.1, 0.15) is 29.5 Å². The predicted molar refractivity (Wildman–Crippen MR) is 129 cm³/mol. The molecule has 0 saturated carbocycles. The van der Waals surface area contributed by atoms with Gasteiger partial charge in [0.2, 0.25) is 5.91 Å². The summed E-state index contributed by atoms with van der Waals surface area (Å²) >= 11 is 0. The van der Waals surface area contributed by atoms with Gasteiger partial charge < -0.3 is 15.2 Å². The van der Waals surface area contributed by atoms with Crippen molar-refractivity contribution in [1.29, 1.82) is 0 Å². The van der Waals surface area contributed by atoms with Crippen molar-refractivity contribution in [2.45, 2.75) is 19.4 Å². The van der Waals surface area contributed by atoms with E-state index in [1.165, 1.54) is 12.1 Å². The van der Waals surface area contributed by atoms with Crippen molar-refractivity contribution in [3.05, 3.63) is 89.5 Å². The van der Waals surface area contributed by atoms with E-state index in [-0.39, 0.29) is 11.7 Å². The molecular weight excluding hydrogens is 417 g/mol. The van der Waals surface area contributed by atoms with Gasteiger partial charge in [-0.25, -0.2) is 9.37 Å². The van der Waals surface area contributed by atoms with E-state index in [0.717, 1.165) is 40.9 Å². The van der Waals surface area contributed by atoms with Gasteiger partial charge in [0.05, 0.1) is 28.8 Å². The van der Waals surface area contributed by atoms with Crippen LogP contribution in [0.2, 0.25) is 0 Å². The Kier molecular flexibility index (Phi) is 5.48. The normalized spacial score (nSPS) is 15.7. The molecule has 166 valence electrons. The Morgan fingerprint density at radius 1 is 1.15 bits per heavy atom. The van der Waals surface area contributed by atoms with E-state index < -0.39 is 5.92 Å². The van der Waals surface area contributed by atoms with Crippen LogP contribution in [0.25, 0.3) is 11.0 Å². The number of halogens is 1. The lowest BCUT2D eigenvalue weighted by Gasteiger charge is -2.14. The number of hydrogen-bond acceptors (Lipinski definition) is 4. The fraction of sp³-hybridized carbons (Fsp3) is 0.192. The Bertz CT molecular complexity index is 1370. The van der Waals surface area contributed by atoms with Gasteiger partial charge in [0.1, 0.15) is 11.7 Å². The number of hydrogen-bond donors (Lipinski definition) is 2. The van der Waals surface area contributed by atoms with Crippen LogP contribution in [0.3, 0.4) is 0 Å². The maximum absolute atomic E-state index is 13.8. The molecule has 3 aromatic carbocycles. The van der Waals surface area contributed by atoms with E-state index in [1.54, 1.807) is 12.4 Å². The number of amides is 1. The molecule has 2 heterocycles. The Hall–Kier alpha value is -3.84. The largest absolute Gasteiger partial charge is 0.334 e. The first-order valence-electron chi connectivity index (χ1n) is 10.9. The summed E-state index contributed by atoms with van der Waals surface area (Å²) in [5.74, 6) is -1.26. The number of aromatic nitrogens is 2. The lowest BCUT2D eigenvalue weighted by Crippen LogP contribution is -2.22. The molecule has 0 aliphatic carbocycles. The average molecular weight is 442 g/mol. The molecule has 7 heteroatoms. The second-order valence-electron chi connectivity index (χ2n) is 8.16. The second kappa shape index (κ2) is 8.60. The number of nitrogens with one attached hydrogen (secondary N) is 2. The number of carbonyl (C=O) groups excluding carboxylic acids is 1. The minimum Gasteiger partial charge on any atom is -0.334 e. The maximum Gasteiger partial charge on any atom is 0.238 e. The summed E-state index contributed by atoms with van der Waals surface area (Å²) in [6, 6.07) is 18.2. The first kappa shape index (κ1) is 21.0. The highest BCUT2D eigenvalue weighted by atomic mass is 19.1. The highest BCUT2D eigenvalue weighted by Gasteiger charge is 2.35. The van der Waals surface area contributed by atoms with Crippen molar-refractivity contribution >= 4 is 34.0 Å². The molecule has 1 unspecified atom stereocenters. The number of rotatable bonds is 6. The number of benzene rings is 3. The molecule has 5 rings (SSSR count). The van der Waals surface area contributed by atoms with Gasteiger partial charge in [-0.3, -0.25) is 9.79 Å². The summed E-state index contributed by atoms with van der Waals surface area (Å²) in [5, 5.41) is 6.12. The minimum absolute atomic E-state index is 0.223. The Morgan fingerprint density at radius 2 is 1.97 bits per heavy atom. The molecule has 1 atom stereocenters. The number of anilines is 1. The Labute approximate surface area is 191 Å². The molecular formula is C26H24FN5O. The molecule has 1 aliphatic rings. The van der Waals surface area contributed by atoms with Crippen LogP contribution in [0.15, 0.2) is 72.0 Å². The van der Waals surface area contributed by atoms with Gasteiger partial charge >= 0.3 is 0 Å². The molecule has 2 N–H and O–H groups in total. The van der Waals surface area contributed by atoms with Crippen molar-refractivity contribution in [2.24, 2.45) is 12.0 Å². The number of nitrogens with zero attached hydrogens (tertiary/aromatic N) is 3. The molecule has 1 aliphatic heterocycles. The monoisotopic (exact) mass is 441 g/mol. The summed E-state index contributed by atoms with van der Waals surface area (Å²) in [5.41, 5.74) is 6.31. The van der Waals surface area contributed by atoms with Crippen molar-refractivity contribution < 1.29 is 9.18 Å². The standard InChI is InChI=1S/C26H24FN5O/c1-3-28-14-16-4-8-19(9-5-16)30-25(17-6-11-23-22(12-17)29-15-32(23)2)24-20-10-7-18(27)13-21(20)31-26(24)33/h4-13,15,24,28H,3,14H2,1-2H3,(H,31,33). The van der Waals surface area contributed by atoms with Crippen LogP contribution < -0.4 is 10.6 Å². The first-order chi connectivity index (χ1) is 16.0. The quantitative estimate of drug-likeness (QED) is 0.427. The number of aliphatic imine (C=N–C) groups is 1. The van der Waals surface area contributed by atoms with E-state index in [9.17, 15) is 9.18 Å². The molecule has 33 heavy (non-hydrogen) atoms. The van der Waals surface area contributed by atoms with Crippen LogP contribution in [-0.4, -0.2) is 27.7 Å². The van der Waals surface area contributed by atoms with E-state index in [1.807, 2.05) is 54.1 Å².